The lowest BCUT2D eigenvalue weighted by atomic mass is 10.2. The first-order valence-electron chi connectivity index (χ1n) is 15.0. The van der Waals surface area contributed by atoms with Crippen molar-refractivity contribution in [3.8, 4) is 0 Å². The summed E-state index contributed by atoms with van der Waals surface area (Å²) in [5.41, 5.74) is 5.24. The molecule has 0 bridgehead atoms. The molecular formula is C33H54NO7P. The van der Waals surface area contributed by atoms with E-state index in [1.54, 1.807) is 0 Å². The van der Waals surface area contributed by atoms with Crippen LogP contribution in [0.1, 0.15) is 78.1 Å². The highest BCUT2D eigenvalue weighted by atomic mass is 31.2. The maximum Gasteiger partial charge on any atom is 0.472 e. The molecule has 0 aromatic heterocycles. The van der Waals surface area contributed by atoms with Gasteiger partial charge in [-0.3, -0.25) is 13.8 Å². The van der Waals surface area contributed by atoms with Gasteiger partial charge in [-0.05, 0) is 64.2 Å². The maximum absolute atomic E-state index is 11.7. The van der Waals surface area contributed by atoms with E-state index in [0.29, 0.717) is 6.61 Å². The topological polar surface area (TPSA) is 117 Å². The minimum atomic E-state index is -4.24. The Labute approximate surface area is 254 Å². The first-order chi connectivity index (χ1) is 20.4. The summed E-state index contributed by atoms with van der Waals surface area (Å²) in [5, 5.41) is 0. The molecule has 0 aromatic rings. The van der Waals surface area contributed by atoms with Gasteiger partial charge in [-0.1, -0.05) is 92.0 Å². The molecule has 238 valence electrons. The molecule has 2 unspecified atom stereocenters. The van der Waals surface area contributed by atoms with Gasteiger partial charge < -0.3 is 20.1 Å². The van der Waals surface area contributed by atoms with Gasteiger partial charge in [0.2, 0.25) is 0 Å². The van der Waals surface area contributed by atoms with Gasteiger partial charge in [0.15, 0.2) is 0 Å². The molecule has 42 heavy (non-hydrogen) atoms. The van der Waals surface area contributed by atoms with E-state index in [1.165, 1.54) is 6.92 Å². The molecule has 0 aromatic carbocycles. The Kier molecular flexibility index (Phi) is 28.5. The largest absolute Gasteiger partial charge is 0.472 e. The molecule has 0 aliphatic heterocycles. The highest BCUT2D eigenvalue weighted by molar-refractivity contribution is 7.47. The van der Waals surface area contributed by atoms with Crippen LogP contribution in [0.15, 0.2) is 85.1 Å². The molecule has 0 aliphatic rings. The summed E-state index contributed by atoms with van der Waals surface area (Å²) in [6, 6.07) is 0. The van der Waals surface area contributed by atoms with Crippen LogP contribution in [-0.4, -0.2) is 49.9 Å². The molecule has 0 saturated heterocycles. The summed E-state index contributed by atoms with van der Waals surface area (Å²) in [4.78, 5) is 20.8. The van der Waals surface area contributed by atoms with Gasteiger partial charge in [0, 0.05) is 20.1 Å². The highest BCUT2D eigenvalue weighted by Crippen LogP contribution is 2.43. The van der Waals surface area contributed by atoms with Crippen molar-refractivity contribution in [1.29, 1.82) is 0 Å². The predicted octanol–water partition coefficient (Wildman–Crippen LogP) is 7.84. The van der Waals surface area contributed by atoms with Crippen LogP contribution >= 0.6 is 7.82 Å². The van der Waals surface area contributed by atoms with Crippen molar-refractivity contribution in [1.82, 2.24) is 0 Å². The Bertz CT molecular complexity index is 906. The van der Waals surface area contributed by atoms with Gasteiger partial charge >= 0.3 is 13.8 Å². The van der Waals surface area contributed by atoms with Crippen molar-refractivity contribution in [2.24, 2.45) is 5.73 Å². The third kappa shape index (κ3) is 30.6. The van der Waals surface area contributed by atoms with Crippen molar-refractivity contribution in [3.63, 3.8) is 0 Å². The van der Waals surface area contributed by atoms with E-state index in [0.717, 1.165) is 64.2 Å². The molecule has 2 atom stereocenters. The Morgan fingerprint density at radius 1 is 0.714 bits per heavy atom. The fourth-order valence-electron chi connectivity index (χ4n) is 3.33. The number of allylic oxidation sites excluding steroid dienone is 14. The van der Waals surface area contributed by atoms with Crippen molar-refractivity contribution in [2.75, 3.05) is 33.0 Å². The van der Waals surface area contributed by atoms with Crippen LogP contribution in [0.25, 0.3) is 0 Å². The van der Waals surface area contributed by atoms with Gasteiger partial charge in [-0.25, -0.2) is 4.57 Å². The fourth-order valence-corrected chi connectivity index (χ4v) is 4.09. The number of rotatable bonds is 27. The predicted molar refractivity (Wildman–Crippen MR) is 173 cm³/mol. The zero-order valence-electron chi connectivity index (χ0n) is 25.7. The first-order valence-corrected chi connectivity index (χ1v) is 16.5. The minimum absolute atomic E-state index is 0.0645. The molecule has 0 fully saturated rings. The number of nitrogens with two attached hydrogens (primary N) is 1. The average molecular weight is 608 g/mol. The smallest absolute Gasteiger partial charge is 0.458 e. The summed E-state index contributed by atoms with van der Waals surface area (Å²) in [6.45, 7) is 3.61. The minimum Gasteiger partial charge on any atom is -0.458 e. The van der Waals surface area contributed by atoms with Gasteiger partial charge in [-0.15, -0.1) is 0 Å². The number of esters is 1. The van der Waals surface area contributed by atoms with E-state index in [1.807, 2.05) is 0 Å². The molecule has 0 aliphatic carbocycles. The third-order valence-corrected chi connectivity index (χ3v) is 6.36. The molecule has 0 rings (SSSR count). The number of carbonyl (C=O) groups excluding carboxylic acids is 1. The van der Waals surface area contributed by atoms with E-state index in [4.69, 9.17) is 19.7 Å². The quantitative estimate of drug-likeness (QED) is 0.0420. The van der Waals surface area contributed by atoms with Crippen LogP contribution in [0.2, 0.25) is 0 Å². The highest BCUT2D eigenvalue weighted by Gasteiger charge is 2.24. The number of unbranched alkanes of at least 4 members (excludes halogenated alkanes) is 2. The van der Waals surface area contributed by atoms with Crippen LogP contribution in [0, 0.1) is 0 Å². The Balaban J connectivity index is 3.80. The zero-order valence-corrected chi connectivity index (χ0v) is 26.6. The summed E-state index contributed by atoms with van der Waals surface area (Å²) < 4.78 is 31.8. The molecule has 9 heteroatoms. The standard InChI is InChI=1S/C33H54NO7P/c1-3-4-5-6-7-8-9-10-11-12-13-14-15-16-17-18-19-20-21-22-23-24-25-26-28-38-30-33(41-32(2)35)31-40-42(36,37)39-29-27-34/h4-5,7-8,10-11,13-14,16-17,19-20,22-23,33H,3,6,9,12,15,18,21,24-31,34H2,1-2H3,(H,36,37)/b5-4-,8-7-,11-10-,14-13-,17-16-,20-19-,23-22-. The van der Waals surface area contributed by atoms with Gasteiger partial charge in [0.25, 0.3) is 0 Å². The van der Waals surface area contributed by atoms with Gasteiger partial charge in [0.05, 0.1) is 19.8 Å². The van der Waals surface area contributed by atoms with Crippen LogP contribution in [0.5, 0.6) is 0 Å². The third-order valence-electron chi connectivity index (χ3n) is 5.38. The number of phosphoric ester groups is 1. The number of phosphoric acid groups is 1. The molecule has 0 heterocycles. The van der Waals surface area contributed by atoms with Crippen molar-refractivity contribution in [3.05, 3.63) is 85.1 Å². The summed E-state index contributed by atoms with van der Waals surface area (Å²) in [7, 11) is -4.24. The molecule has 0 spiro atoms. The normalized spacial score (nSPS) is 15.0. The SMILES string of the molecule is CC/C=C\C/C=C\C/C=C\C/C=C\C/C=C\C/C=C\C/C=C\CCCCOCC(COP(=O)(O)OCCN)OC(C)=O. The van der Waals surface area contributed by atoms with E-state index in [-0.39, 0.29) is 26.4 Å². The van der Waals surface area contributed by atoms with Crippen LogP contribution in [0.3, 0.4) is 0 Å². The summed E-state index contributed by atoms with van der Waals surface area (Å²) in [6.07, 6.45) is 39.6. The molecule has 0 amide bonds. The number of carbonyl (C=O) groups is 1. The lowest BCUT2D eigenvalue weighted by molar-refractivity contribution is -0.151. The van der Waals surface area contributed by atoms with E-state index in [9.17, 15) is 14.3 Å². The van der Waals surface area contributed by atoms with Crippen LogP contribution < -0.4 is 5.73 Å². The molecular weight excluding hydrogens is 553 g/mol. The zero-order chi connectivity index (χ0) is 31.0. The van der Waals surface area contributed by atoms with Crippen molar-refractivity contribution >= 4 is 13.8 Å². The Morgan fingerprint density at radius 3 is 1.64 bits per heavy atom. The van der Waals surface area contributed by atoms with Crippen LogP contribution in [-0.2, 0) is 27.9 Å². The monoisotopic (exact) mass is 607 g/mol. The summed E-state index contributed by atoms with van der Waals surface area (Å²) >= 11 is 0. The number of hydrogen-bond acceptors (Lipinski definition) is 7. The van der Waals surface area contributed by atoms with Crippen molar-refractivity contribution in [2.45, 2.75) is 84.2 Å². The fraction of sp³-hybridized carbons (Fsp3) is 0.545. The average Bonchev–Trinajstić information content (AvgIpc) is 2.96. The molecule has 0 radical (unpaired) electrons. The van der Waals surface area contributed by atoms with E-state index < -0.39 is 19.9 Å². The number of ether oxygens (including phenoxy) is 2. The second-order valence-electron chi connectivity index (χ2n) is 9.31. The van der Waals surface area contributed by atoms with Crippen molar-refractivity contribution < 1.29 is 32.8 Å². The van der Waals surface area contributed by atoms with E-state index in [2.05, 4.69) is 96.5 Å². The second kappa shape index (κ2) is 30.1. The first kappa shape index (κ1) is 39.7. The van der Waals surface area contributed by atoms with Gasteiger partial charge in [0.1, 0.15) is 6.10 Å². The lowest BCUT2D eigenvalue weighted by Crippen LogP contribution is -2.27. The Morgan fingerprint density at radius 2 is 1.19 bits per heavy atom. The van der Waals surface area contributed by atoms with E-state index >= 15 is 0 Å². The molecule has 8 nitrogen and oxygen atoms in total. The lowest BCUT2D eigenvalue weighted by Gasteiger charge is -2.19. The van der Waals surface area contributed by atoms with Gasteiger partial charge in [-0.2, -0.15) is 0 Å². The molecule has 3 N–H and O–H groups in total. The Hall–Kier alpha value is -2.32. The second-order valence-corrected chi connectivity index (χ2v) is 10.8. The molecule has 0 saturated carbocycles. The summed E-state index contributed by atoms with van der Waals surface area (Å²) in [5.74, 6) is -0.528. The van der Waals surface area contributed by atoms with Crippen LogP contribution in [0.4, 0.5) is 0 Å². The number of hydrogen-bond donors (Lipinski definition) is 2. The maximum atomic E-state index is 11.7.